The first-order chi connectivity index (χ1) is 9.41. The van der Waals surface area contributed by atoms with E-state index >= 15 is 0 Å². The fourth-order valence-electron chi connectivity index (χ4n) is 2.98. The third kappa shape index (κ3) is 2.52. The second-order valence-electron chi connectivity index (χ2n) is 6.08. The van der Waals surface area contributed by atoms with Gasteiger partial charge < -0.3 is 0 Å². The molecular formula is C13H26NO5P. The molecule has 3 heterocycles. The van der Waals surface area contributed by atoms with Gasteiger partial charge in [0.05, 0.1) is 0 Å². The first-order valence-corrected chi connectivity index (χ1v) is 9.58. The first-order valence-electron chi connectivity index (χ1n) is 7.49. The molecule has 7 heteroatoms. The van der Waals surface area contributed by atoms with Crippen LogP contribution in [-0.2, 0) is 22.8 Å². The summed E-state index contributed by atoms with van der Waals surface area (Å²) in [5, 5.41) is 0. The van der Waals surface area contributed by atoms with Crippen molar-refractivity contribution in [1.29, 1.82) is 0 Å². The van der Waals surface area contributed by atoms with E-state index in [0.29, 0.717) is 6.29 Å². The minimum absolute atomic E-state index is 0.00814. The summed E-state index contributed by atoms with van der Waals surface area (Å²) in [5.41, 5.74) is 0. The Labute approximate surface area is 120 Å². The van der Waals surface area contributed by atoms with Crippen molar-refractivity contribution in [2.24, 2.45) is 0 Å². The average Bonchev–Trinajstić information content (AvgIpc) is 2.75. The van der Waals surface area contributed by atoms with Crippen LogP contribution in [0.2, 0.25) is 0 Å². The molecule has 0 N–H and O–H groups in total. The Bertz CT molecular complexity index is 324. The van der Waals surface area contributed by atoms with Gasteiger partial charge in [-0.25, -0.2) is 0 Å². The Kier molecular flexibility index (Phi) is 3.87. The van der Waals surface area contributed by atoms with E-state index in [1.54, 1.807) is 0 Å². The van der Waals surface area contributed by atoms with Crippen LogP contribution in [0.1, 0.15) is 27.7 Å². The van der Waals surface area contributed by atoms with Gasteiger partial charge in [0.15, 0.2) is 0 Å². The van der Waals surface area contributed by atoms with Crippen molar-refractivity contribution in [1.82, 2.24) is 4.90 Å². The van der Waals surface area contributed by atoms with Gasteiger partial charge in [-0.15, -0.1) is 0 Å². The van der Waals surface area contributed by atoms with E-state index in [1.807, 2.05) is 27.7 Å². The molecule has 0 amide bonds. The Hall–Kier alpha value is 0.190. The monoisotopic (exact) mass is 307 g/mol. The zero-order valence-corrected chi connectivity index (χ0v) is 13.7. The molecule has 1 spiro atoms. The maximum atomic E-state index is 6.23. The van der Waals surface area contributed by atoms with Gasteiger partial charge in [-0.05, 0) is 0 Å². The zero-order chi connectivity index (χ0) is 14.4. The number of ether oxygens (including phenoxy) is 1. The van der Waals surface area contributed by atoms with Crippen LogP contribution in [-0.4, -0.2) is 61.9 Å². The Morgan fingerprint density at radius 3 is 1.60 bits per heavy atom. The van der Waals surface area contributed by atoms with Crippen LogP contribution in [0, 0.1) is 0 Å². The molecule has 0 aliphatic carbocycles. The average molecular weight is 307 g/mol. The molecule has 0 aromatic rings. The fourth-order valence-corrected chi connectivity index (χ4v) is 7.74. The summed E-state index contributed by atoms with van der Waals surface area (Å²) >= 11 is 0. The molecule has 118 valence electrons. The third-order valence-corrected chi connectivity index (χ3v) is 8.16. The summed E-state index contributed by atoms with van der Waals surface area (Å²) < 4.78 is 30.3. The summed E-state index contributed by atoms with van der Waals surface area (Å²) in [5.74, 6) is 0. The number of hydrogen-bond donors (Lipinski definition) is 0. The third-order valence-electron chi connectivity index (χ3n) is 4.34. The van der Waals surface area contributed by atoms with Crippen molar-refractivity contribution in [3.8, 4) is 0 Å². The van der Waals surface area contributed by atoms with Crippen LogP contribution < -0.4 is 0 Å². The summed E-state index contributed by atoms with van der Waals surface area (Å²) in [6, 6.07) is 0. The van der Waals surface area contributed by atoms with Gasteiger partial charge in [0.2, 0.25) is 0 Å². The van der Waals surface area contributed by atoms with E-state index in [4.69, 9.17) is 22.8 Å². The van der Waals surface area contributed by atoms with E-state index in [9.17, 15) is 0 Å². The summed E-state index contributed by atoms with van der Waals surface area (Å²) in [6.07, 6.45) is 0.549. The van der Waals surface area contributed by atoms with Crippen molar-refractivity contribution in [2.45, 2.75) is 52.1 Å². The topological polar surface area (TPSA) is 49.4 Å². The second kappa shape index (κ2) is 5.13. The molecule has 4 atom stereocenters. The maximum absolute atomic E-state index is 6.23. The van der Waals surface area contributed by atoms with Crippen LogP contribution in [0.25, 0.3) is 0 Å². The van der Waals surface area contributed by atoms with Crippen LogP contribution in [0.15, 0.2) is 0 Å². The molecule has 3 aliphatic rings. The van der Waals surface area contributed by atoms with Gasteiger partial charge in [-0.2, -0.15) is 0 Å². The normalized spacial score (nSPS) is 46.3. The minimum atomic E-state index is -3.48. The van der Waals surface area contributed by atoms with Gasteiger partial charge in [0, 0.05) is 0 Å². The second-order valence-corrected chi connectivity index (χ2v) is 9.13. The molecule has 20 heavy (non-hydrogen) atoms. The number of rotatable bonds is 2. The molecule has 3 fully saturated rings. The number of morpholine rings is 1. The Balaban J connectivity index is 1.85. The summed E-state index contributed by atoms with van der Waals surface area (Å²) in [4.78, 5) is 2.27. The molecule has 0 unspecified atom stereocenters. The molecule has 0 radical (unpaired) electrons. The molecule has 3 rings (SSSR count). The van der Waals surface area contributed by atoms with E-state index in [0.717, 1.165) is 26.3 Å². The van der Waals surface area contributed by atoms with Crippen LogP contribution in [0.4, 0.5) is 0 Å². The van der Waals surface area contributed by atoms with E-state index < -0.39 is 7.51 Å². The van der Waals surface area contributed by atoms with Gasteiger partial charge in [-0.3, -0.25) is 0 Å². The van der Waals surface area contributed by atoms with Gasteiger partial charge >= 0.3 is 120 Å². The molecule has 0 bridgehead atoms. The van der Waals surface area contributed by atoms with Crippen molar-refractivity contribution >= 4 is 7.51 Å². The zero-order valence-electron chi connectivity index (χ0n) is 12.8. The Morgan fingerprint density at radius 2 is 1.20 bits per heavy atom. The van der Waals surface area contributed by atoms with Crippen molar-refractivity contribution in [3.05, 3.63) is 0 Å². The van der Waals surface area contributed by atoms with Gasteiger partial charge in [0.1, 0.15) is 0 Å². The fraction of sp³-hybridized carbons (Fsp3) is 1.00. The molecule has 0 aromatic carbocycles. The molecule has 6 nitrogen and oxygen atoms in total. The SMILES string of the molecule is C[C@@H]1OP2(CN3CCOCC3)(O[C@@H]1C)O[C@H](C)[C@@H](C)O2. The predicted molar refractivity (Wildman–Crippen MR) is 76.4 cm³/mol. The van der Waals surface area contributed by atoms with Crippen LogP contribution in [0.3, 0.4) is 0 Å². The summed E-state index contributed by atoms with van der Waals surface area (Å²) in [6.45, 7) is 11.3. The molecule has 3 saturated heterocycles. The molecule has 3 aliphatic heterocycles. The van der Waals surface area contributed by atoms with Crippen molar-refractivity contribution < 1.29 is 22.8 Å². The Morgan fingerprint density at radius 1 is 0.800 bits per heavy atom. The predicted octanol–water partition coefficient (Wildman–Crippen LogP) is 2.14. The molecular weight excluding hydrogens is 281 g/mol. The van der Waals surface area contributed by atoms with Gasteiger partial charge in [0.25, 0.3) is 0 Å². The van der Waals surface area contributed by atoms with Crippen molar-refractivity contribution in [2.75, 3.05) is 32.6 Å². The van der Waals surface area contributed by atoms with Crippen molar-refractivity contribution in [3.63, 3.8) is 0 Å². The van der Waals surface area contributed by atoms with E-state index in [-0.39, 0.29) is 24.4 Å². The standard InChI is InChI=1S/C13H26NO5P/c1-10-11(2)17-20(16-10,18-12(3)13(4)19-20)9-14-5-7-15-8-6-14/h10-13H,5-9H2,1-4H3/t10-,11-,12-,13+/m1/s1. The molecule has 0 aromatic heterocycles. The number of nitrogens with zero attached hydrogens (tertiary/aromatic N) is 1. The quantitative estimate of drug-likeness (QED) is 0.729. The van der Waals surface area contributed by atoms with Crippen LogP contribution >= 0.6 is 7.51 Å². The van der Waals surface area contributed by atoms with E-state index in [2.05, 4.69) is 4.90 Å². The molecule has 0 saturated carbocycles. The summed E-state index contributed by atoms with van der Waals surface area (Å²) in [7, 11) is -3.48. The van der Waals surface area contributed by atoms with E-state index in [1.165, 1.54) is 0 Å². The number of hydrogen-bond acceptors (Lipinski definition) is 6. The van der Waals surface area contributed by atoms with Gasteiger partial charge in [-0.1, -0.05) is 0 Å². The van der Waals surface area contributed by atoms with Crippen LogP contribution in [0.5, 0.6) is 0 Å². The first kappa shape index (κ1) is 15.1.